The summed E-state index contributed by atoms with van der Waals surface area (Å²) in [5.41, 5.74) is 1.57. The lowest BCUT2D eigenvalue weighted by molar-refractivity contribution is 0.117. The van der Waals surface area contributed by atoms with Gasteiger partial charge in [-0.3, -0.25) is 4.90 Å². The molecule has 0 radical (unpaired) electrons. The van der Waals surface area contributed by atoms with Crippen molar-refractivity contribution in [3.63, 3.8) is 0 Å². The van der Waals surface area contributed by atoms with Gasteiger partial charge >= 0.3 is 0 Å². The fourth-order valence-electron chi connectivity index (χ4n) is 3.13. The smallest absolute Gasteiger partial charge is 0.146 e. The first-order valence-corrected chi connectivity index (χ1v) is 8.33. The molecular weight excluding hydrogens is 300 g/mol. The Bertz CT molecular complexity index is 698. The summed E-state index contributed by atoms with van der Waals surface area (Å²) in [6.07, 6.45) is 2.25. The molecule has 2 heterocycles. The maximum Gasteiger partial charge on any atom is 0.146 e. The van der Waals surface area contributed by atoms with Crippen molar-refractivity contribution in [2.24, 2.45) is 0 Å². The second-order valence-corrected chi connectivity index (χ2v) is 6.05. The SMILES string of the molecule is N#Cc1cccnc1N1CCCN(CC(O)c2ccccc2)CC1. The van der Waals surface area contributed by atoms with E-state index in [1.165, 1.54) is 0 Å². The average Bonchev–Trinajstić information content (AvgIpc) is 2.88. The van der Waals surface area contributed by atoms with Gasteiger partial charge in [0.2, 0.25) is 0 Å². The molecule has 0 saturated carbocycles. The molecule has 0 aliphatic carbocycles. The lowest BCUT2D eigenvalue weighted by Gasteiger charge is -2.25. The summed E-state index contributed by atoms with van der Waals surface area (Å²) in [4.78, 5) is 8.84. The number of rotatable bonds is 4. The topological polar surface area (TPSA) is 63.4 Å². The normalized spacial score (nSPS) is 17.1. The van der Waals surface area contributed by atoms with E-state index in [-0.39, 0.29) is 0 Å². The van der Waals surface area contributed by atoms with Crippen molar-refractivity contribution in [2.45, 2.75) is 12.5 Å². The first kappa shape index (κ1) is 16.4. The van der Waals surface area contributed by atoms with Gasteiger partial charge in [0, 0.05) is 38.9 Å². The Kier molecular flexibility index (Phi) is 5.42. The quantitative estimate of drug-likeness (QED) is 0.935. The van der Waals surface area contributed by atoms with Gasteiger partial charge in [0.05, 0.1) is 11.7 Å². The first-order chi connectivity index (χ1) is 11.8. The molecule has 1 saturated heterocycles. The summed E-state index contributed by atoms with van der Waals surface area (Å²) in [6, 6.07) is 15.6. The second kappa shape index (κ2) is 7.91. The highest BCUT2D eigenvalue weighted by Crippen LogP contribution is 2.19. The van der Waals surface area contributed by atoms with Crippen LogP contribution in [0.2, 0.25) is 0 Å². The fourth-order valence-corrected chi connectivity index (χ4v) is 3.13. The van der Waals surface area contributed by atoms with Crippen LogP contribution in [0, 0.1) is 11.3 Å². The van der Waals surface area contributed by atoms with E-state index in [1.54, 1.807) is 12.3 Å². The molecule has 1 atom stereocenters. The maximum atomic E-state index is 10.4. The van der Waals surface area contributed by atoms with Crippen molar-refractivity contribution < 1.29 is 5.11 Å². The highest BCUT2D eigenvalue weighted by atomic mass is 16.3. The number of benzene rings is 1. The zero-order valence-corrected chi connectivity index (χ0v) is 13.7. The number of hydrogen-bond donors (Lipinski definition) is 1. The highest BCUT2D eigenvalue weighted by molar-refractivity contribution is 5.53. The van der Waals surface area contributed by atoms with Crippen LogP contribution in [0.3, 0.4) is 0 Å². The standard InChI is InChI=1S/C19H22N4O/c20-14-17-8-4-9-21-19(17)23-11-5-10-22(12-13-23)15-18(24)16-6-2-1-3-7-16/h1-4,6-9,18,24H,5,10-13,15H2. The van der Waals surface area contributed by atoms with E-state index in [0.29, 0.717) is 12.1 Å². The van der Waals surface area contributed by atoms with E-state index in [4.69, 9.17) is 0 Å². The molecule has 5 nitrogen and oxygen atoms in total. The van der Waals surface area contributed by atoms with Gasteiger partial charge in [-0.05, 0) is 24.1 Å². The summed E-state index contributed by atoms with van der Waals surface area (Å²) < 4.78 is 0. The van der Waals surface area contributed by atoms with Crippen molar-refractivity contribution >= 4 is 5.82 Å². The summed E-state index contributed by atoms with van der Waals surface area (Å²) in [5, 5.41) is 19.7. The van der Waals surface area contributed by atoms with Crippen LogP contribution in [0.1, 0.15) is 23.7 Å². The maximum absolute atomic E-state index is 10.4. The molecule has 5 heteroatoms. The predicted octanol–water partition coefficient (Wildman–Crippen LogP) is 2.20. The van der Waals surface area contributed by atoms with Gasteiger partial charge in [-0.1, -0.05) is 30.3 Å². The largest absolute Gasteiger partial charge is 0.387 e. The summed E-state index contributed by atoms with van der Waals surface area (Å²) in [6.45, 7) is 4.11. The number of hydrogen-bond acceptors (Lipinski definition) is 5. The molecular formula is C19H22N4O. The Balaban J connectivity index is 1.62. The highest BCUT2D eigenvalue weighted by Gasteiger charge is 2.20. The molecule has 24 heavy (non-hydrogen) atoms. The van der Waals surface area contributed by atoms with Gasteiger partial charge in [0.25, 0.3) is 0 Å². The van der Waals surface area contributed by atoms with Crippen molar-refractivity contribution in [2.75, 3.05) is 37.6 Å². The van der Waals surface area contributed by atoms with Crippen LogP contribution >= 0.6 is 0 Å². The van der Waals surface area contributed by atoms with E-state index in [2.05, 4.69) is 20.9 Å². The third-order valence-corrected chi connectivity index (χ3v) is 4.41. The number of aliphatic hydroxyl groups is 1. The lowest BCUT2D eigenvalue weighted by atomic mass is 10.1. The molecule has 1 aromatic carbocycles. The number of β-amino-alcohol motifs (C(OH)–C–C–N with tert-alkyl or cyclic N) is 1. The van der Waals surface area contributed by atoms with Gasteiger partial charge in [-0.15, -0.1) is 0 Å². The molecule has 1 unspecified atom stereocenters. The van der Waals surface area contributed by atoms with E-state index >= 15 is 0 Å². The van der Waals surface area contributed by atoms with Crippen LogP contribution < -0.4 is 4.90 Å². The van der Waals surface area contributed by atoms with Gasteiger partial charge < -0.3 is 10.0 Å². The Hall–Kier alpha value is -2.42. The number of nitriles is 1. The third-order valence-electron chi connectivity index (χ3n) is 4.41. The molecule has 2 aromatic rings. The van der Waals surface area contributed by atoms with Crippen LogP contribution in [0.15, 0.2) is 48.7 Å². The van der Waals surface area contributed by atoms with Gasteiger partial charge in [-0.25, -0.2) is 4.98 Å². The molecule has 0 spiro atoms. The number of anilines is 1. The molecule has 1 aliphatic heterocycles. The number of nitrogens with zero attached hydrogens (tertiary/aromatic N) is 4. The molecule has 0 bridgehead atoms. The summed E-state index contributed by atoms with van der Waals surface area (Å²) in [7, 11) is 0. The summed E-state index contributed by atoms with van der Waals surface area (Å²) >= 11 is 0. The molecule has 1 N–H and O–H groups in total. The van der Waals surface area contributed by atoms with E-state index < -0.39 is 6.10 Å². The second-order valence-electron chi connectivity index (χ2n) is 6.05. The lowest BCUT2D eigenvalue weighted by Crippen LogP contribution is -2.34. The fraction of sp³-hybridized carbons (Fsp3) is 0.368. The van der Waals surface area contributed by atoms with Crippen LogP contribution in [0.5, 0.6) is 0 Å². The van der Waals surface area contributed by atoms with Gasteiger partial charge in [0.15, 0.2) is 0 Å². The molecule has 1 fully saturated rings. The van der Waals surface area contributed by atoms with Crippen LogP contribution in [-0.2, 0) is 0 Å². The number of pyridine rings is 1. The first-order valence-electron chi connectivity index (χ1n) is 8.33. The van der Waals surface area contributed by atoms with Crippen molar-refractivity contribution in [3.05, 3.63) is 59.8 Å². The monoisotopic (exact) mass is 322 g/mol. The minimum absolute atomic E-state index is 0.470. The molecule has 0 amide bonds. The zero-order valence-electron chi connectivity index (χ0n) is 13.7. The number of aromatic nitrogens is 1. The predicted molar refractivity (Wildman–Crippen MR) is 93.6 cm³/mol. The van der Waals surface area contributed by atoms with E-state index in [9.17, 15) is 10.4 Å². The minimum Gasteiger partial charge on any atom is -0.387 e. The van der Waals surface area contributed by atoms with Crippen molar-refractivity contribution in [1.82, 2.24) is 9.88 Å². The third kappa shape index (κ3) is 3.91. The Labute approximate surface area is 142 Å². The molecule has 1 aromatic heterocycles. The molecule has 3 rings (SSSR count). The van der Waals surface area contributed by atoms with Crippen LogP contribution in [0.25, 0.3) is 0 Å². The Morgan fingerprint density at radius 3 is 2.71 bits per heavy atom. The van der Waals surface area contributed by atoms with Crippen LogP contribution in [0.4, 0.5) is 5.82 Å². The average molecular weight is 322 g/mol. The Morgan fingerprint density at radius 1 is 1.08 bits per heavy atom. The van der Waals surface area contributed by atoms with E-state index in [0.717, 1.165) is 44.0 Å². The van der Waals surface area contributed by atoms with Crippen LogP contribution in [-0.4, -0.2) is 47.7 Å². The van der Waals surface area contributed by atoms with E-state index in [1.807, 2.05) is 36.4 Å². The van der Waals surface area contributed by atoms with Crippen molar-refractivity contribution in [1.29, 1.82) is 5.26 Å². The number of aliphatic hydroxyl groups excluding tert-OH is 1. The minimum atomic E-state index is -0.470. The molecule has 1 aliphatic rings. The summed E-state index contributed by atoms with van der Waals surface area (Å²) in [5.74, 6) is 0.769. The van der Waals surface area contributed by atoms with Crippen molar-refractivity contribution in [3.8, 4) is 6.07 Å². The van der Waals surface area contributed by atoms with Gasteiger partial charge in [-0.2, -0.15) is 5.26 Å². The Morgan fingerprint density at radius 2 is 1.92 bits per heavy atom. The molecule has 124 valence electrons. The zero-order chi connectivity index (χ0) is 16.8. The van der Waals surface area contributed by atoms with Gasteiger partial charge in [0.1, 0.15) is 11.9 Å².